The van der Waals surface area contributed by atoms with Crippen LogP contribution in [0.3, 0.4) is 0 Å². The number of ether oxygens (including phenoxy) is 1. The lowest BCUT2D eigenvalue weighted by Gasteiger charge is -2.42. The molecule has 1 atom stereocenters. The average molecular weight is 285 g/mol. The molecule has 0 saturated carbocycles. The Kier molecular flexibility index (Phi) is 7.52. The van der Waals surface area contributed by atoms with Gasteiger partial charge in [0.2, 0.25) is 5.91 Å². The van der Waals surface area contributed by atoms with Crippen molar-refractivity contribution in [3.05, 3.63) is 0 Å². The quantitative estimate of drug-likeness (QED) is 0.698. The van der Waals surface area contributed by atoms with Crippen molar-refractivity contribution >= 4 is 5.91 Å². The molecule has 1 heterocycles. The highest BCUT2D eigenvalue weighted by Crippen LogP contribution is 2.22. The molecule has 0 aromatic heterocycles. The van der Waals surface area contributed by atoms with E-state index in [1.54, 1.807) is 0 Å². The predicted octanol–water partition coefficient (Wildman–Crippen LogP) is 2.74. The number of hydrogen-bond acceptors (Lipinski definition) is 3. The Morgan fingerprint density at radius 2 is 1.90 bits per heavy atom. The van der Waals surface area contributed by atoms with Gasteiger partial charge in [-0.15, -0.1) is 0 Å². The van der Waals surface area contributed by atoms with Gasteiger partial charge in [-0.05, 0) is 20.3 Å². The highest BCUT2D eigenvalue weighted by Gasteiger charge is 2.34. The number of carbonyl (C=O) groups is 1. The Balaban J connectivity index is 2.27. The van der Waals surface area contributed by atoms with Gasteiger partial charge in [-0.3, -0.25) is 4.79 Å². The maximum atomic E-state index is 12.2. The zero-order chi connectivity index (χ0) is 15.0. The van der Waals surface area contributed by atoms with Gasteiger partial charge in [0, 0.05) is 19.5 Å². The summed E-state index contributed by atoms with van der Waals surface area (Å²) >= 11 is 0. The van der Waals surface area contributed by atoms with Gasteiger partial charge in [-0.1, -0.05) is 39.0 Å². The maximum Gasteiger partial charge on any atom is 0.222 e. The Morgan fingerprint density at radius 1 is 1.25 bits per heavy atom. The summed E-state index contributed by atoms with van der Waals surface area (Å²) in [5, 5.41) is 9.26. The topological polar surface area (TPSA) is 49.8 Å². The maximum absolute atomic E-state index is 12.2. The molecular formula is C16H31NO3. The van der Waals surface area contributed by atoms with E-state index in [1.807, 2.05) is 18.7 Å². The second-order valence-corrected chi connectivity index (χ2v) is 6.47. The Hall–Kier alpha value is -0.610. The first-order chi connectivity index (χ1) is 9.48. The molecule has 0 aromatic carbocycles. The van der Waals surface area contributed by atoms with Gasteiger partial charge in [0.1, 0.15) is 0 Å². The number of unbranched alkanes of at least 4 members (excludes halogenated alkanes) is 5. The monoisotopic (exact) mass is 285 g/mol. The number of aliphatic hydroxyl groups excluding tert-OH is 1. The molecule has 1 unspecified atom stereocenters. The second-order valence-electron chi connectivity index (χ2n) is 6.47. The summed E-state index contributed by atoms with van der Waals surface area (Å²) in [4.78, 5) is 14.1. The van der Waals surface area contributed by atoms with Crippen LogP contribution in [0.2, 0.25) is 0 Å². The zero-order valence-electron chi connectivity index (χ0n) is 13.4. The van der Waals surface area contributed by atoms with Crippen LogP contribution in [0.4, 0.5) is 0 Å². The summed E-state index contributed by atoms with van der Waals surface area (Å²) in [6, 6.07) is 0. The number of nitrogens with zero attached hydrogens (tertiary/aromatic N) is 1. The van der Waals surface area contributed by atoms with Crippen molar-refractivity contribution in [2.75, 3.05) is 19.7 Å². The van der Waals surface area contributed by atoms with E-state index < -0.39 is 0 Å². The third-order valence-corrected chi connectivity index (χ3v) is 3.78. The molecule has 4 nitrogen and oxygen atoms in total. The molecule has 1 amide bonds. The molecule has 1 N–H and O–H groups in total. The van der Waals surface area contributed by atoms with Crippen LogP contribution in [-0.4, -0.2) is 47.3 Å². The van der Waals surface area contributed by atoms with E-state index >= 15 is 0 Å². The van der Waals surface area contributed by atoms with Gasteiger partial charge in [-0.2, -0.15) is 0 Å². The minimum absolute atomic E-state index is 0.0236. The molecule has 1 rings (SSSR count). The fourth-order valence-corrected chi connectivity index (χ4v) is 2.80. The molecule has 0 radical (unpaired) electrons. The van der Waals surface area contributed by atoms with E-state index in [1.165, 1.54) is 25.7 Å². The predicted molar refractivity (Wildman–Crippen MR) is 80.6 cm³/mol. The molecule has 0 bridgehead atoms. The largest absolute Gasteiger partial charge is 0.394 e. The lowest BCUT2D eigenvalue weighted by atomic mass is 10.0. The number of rotatable bonds is 8. The first kappa shape index (κ1) is 17.4. The van der Waals surface area contributed by atoms with Crippen molar-refractivity contribution in [1.82, 2.24) is 4.90 Å². The van der Waals surface area contributed by atoms with Crippen molar-refractivity contribution in [1.29, 1.82) is 0 Å². The summed E-state index contributed by atoms with van der Waals surface area (Å²) < 4.78 is 5.73. The highest BCUT2D eigenvalue weighted by molar-refractivity contribution is 5.76. The molecular weight excluding hydrogens is 254 g/mol. The minimum Gasteiger partial charge on any atom is -0.394 e. The van der Waals surface area contributed by atoms with Crippen molar-refractivity contribution in [2.45, 2.75) is 77.4 Å². The number of aliphatic hydroxyl groups is 1. The second kappa shape index (κ2) is 8.63. The standard InChI is InChI=1S/C16H31NO3/c1-4-5-6-7-8-9-10-15(19)17-11-14(12-18)20-16(2,3)13-17/h14,18H,4-13H2,1-3H3. The van der Waals surface area contributed by atoms with Gasteiger partial charge in [0.25, 0.3) is 0 Å². The van der Waals surface area contributed by atoms with E-state index in [4.69, 9.17) is 4.74 Å². The van der Waals surface area contributed by atoms with Gasteiger partial charge in [0.15, 0.2) is 0 Å². The fourth-order valence-electron chi connectivity index (χ4n) is 2.80. The third-order valence-electron chi connectivity index (χ3n) is 3.78. The normalized spacial score (nSPS) is 22.0. The zero-order valence-corrected chi connectivity index (χ0v) is 13.4. The molecule has 20 heavy (non-hydrogen) atoms. The summed E-state index contributed by atoms with van der Waals surface area (Å²) in [6.45, 7) is 7.28. The van der Waals surface area contributed by atoms with Crippen LogP contribution in [0.1, 0.15) is 65.7 Å². The summed E-state index contributed by atoms with van der Waals surface area (Å²) in [5.74, 6) is 0.204. The van der Waals surface area contributed by atoms with E-state index in [0.29, 0.717) is 19.5 Å². The van der Waals surface area contributed by atoms with Crippen LogP contribution < -0.4 is 0 Å². The van der Waals surface area contributed by atoms with Crippen molar-refractivity contribution in [2.24, 2.45) is 0 Å². The smallest absolute Gasteiger partial charge is 0.222 e. The van der Waals surface area contributed by atoms with Crippen LogP contribution in [0.25, 0.3) is 0 Å². The van der Waals surface area contributed by atoms with Gasteiger partial charge >= 0.3 is 0 Å². The van der Waals surface area contributed by atoms with Crippen LogP contribution >= 0.6 is 0 Å². The van der Waals surface area contributed by atoms with Crippen LogP contribution in [0.15, 0.2) is 0 Å². The van der Waals surface area contributed by atoms with E-state index in [2.05, 4.69) is 6.92 Å². The number of morpholine rings is 1. The van der Waals surface area contributed by atoms with E-state index in [0.717, 1.165) is 12.8 Å². The average Bonchev–Trinajstić information content (AvgIpc) is 2.40. The summed E-state index contributed by atoms with van der Waals surface area (Å²) in [6.07, 6.45) is 7.56. The lowest BCUT2D eigenvalue weighted by Crippen LogP contribution is -2.55. The molecule has 1 aliphatic heterocycles. The number of amides is 1. The highest BCUT2D eigenvalue weighted by atomic mass is 16.5. The van der Waals surface area contributed by atoms with Gasteiger partial charge in [0.05, 0.1) is 18.3 Å². The fraction of sp³-hybridized carbons (Fsp3) is 0.938. The van der Waals surface area contributed by atoms with Gasteiger partial charge < -0.3 is 14.7 Å². The Labute approximate surface area is 123 Å². The molecule has 0 aliphatic carbocycles. The lowest BCUT2D eigenvalue weighted by molar-refractivity contribution is -0.167. The first-order valence-electron chi connectivity index (χ1n) is 8.05. The molecule has 1 saturated heterocycles. The molecule has 4 heteroatoms. The molecule has 1 fully saturated rings. The Bertz CT molecular complexity index is 291. The third kappa shape index (κ3) is 6.23. The van der Waals surface area contributed by atoms with Crippen LogP contribution in [0.5, 0.6) is 0 Å². The molecule has 118 valence electrons. The molecule has 0 aromatic rings. The number of hydrogen-bond donors (Lipinski definition) is 1. The van der Waals surface area contributed by atoms with Gasteiger partial charge in [-0.25, -0.2) is 0 Å². The van der Waals surface area contributed by atoms with Crippen LogP contribution in [-0.2, 0) is 9.53 Å². The van der Waals surface area contributed by atoms with Crippen molar-refractivity contribution < 1.29 is 14.6 Å². The van der Waals surface area contributed by atoms with Crippen molar-refractivity contribution in [3.63, 3.8) is 0 Å². The Morgan fingerprint density at radius 3 is 2.55 bits per heavy atom. The van der Waals surface area contributed by atoms with E-state index in [-0.39, 0.29) is 24.2 Å². The van der Waals surface area contributed by atoms with E-state index in [9.17, 15) is 9.90 Å². The molecule has 1 aliphatic rings. The number of carbonyl (C=O) groups excluding carboxylic acids is 1. The van der Waals surface area contributed by atoms with Crippen LogP contribution in [0, 0.1) is 0 Å². The van der Waals surface area contributed by atoms with Crippen molar-refractivity contribution in [3.8, 4) is 0 Å². The molecule has 0 spiro atoms. The summed E-state index contributed by atoms with van der Waals surface area (Å²) in [5.41, 5.74) is -0.359. The SMILES string of the molecule is CCCCCCCCC(=O)N1CC(CO)OC(C)(C)C1. The first-order valence-corrected chi connectivity index (χ1v) is 8.05. The minimum atomic E-state index is -0.359. The summed E-state index contributed by atoms with van der Waals surface area (Å²) in [7, 11) is 0.